The second-order valence-electron chi connectivity index (χ2n) is 4.82. The lowest BCUT2D eigenvalue weighted by Crippen LogP contribution is -1.93. The van der Waals surface area contributed by atoms with Gasteiger partial charge in [-0.05, 0) is 36.3 Å². The van der Waals surface area contributed by atoms with E-state index >= 15 is 0 Å². The first-order valence-corrected chi connectivity index (χ1v) is 7.56. The summed E-state index contributed by atoms with van der Waals surface area (Å²) in [5, 5.41) is 13.9. The van der Waals surface area contributed by atoms with Crippen molar-refractivity contribution >= 4 is 11.7 Å². The van der Waals surface area contributed by atoms with Gasteiger partial charge in [-0.3, -0.25) is 0 Å². The smallest absolute Gasteiger partial charge is 0.497 e. The molecule has 0 amide bonds. The van der Waals surface area contributed by atoms with Gasteiger partial charge < -0.3 is 19.7 Å². The predicted molar refractivity (Wildman–Crippen MR) is 98.5 cm³/mol. The van der Waals surface area contributed by atoms with Gasteiger partial charge >= 0.3 is 6.16 Å². The van der Waals surface area contributed by atoms with Crippen LogP contribution in [0, 0.1) is 0 Å². The van der Waals surface area contributed by atoms with Gasteiger partial charge in [-0.1, -0.05) is 48.6 Å². The molecule has 0 saturated carbocycles. The van der Waals surface area contributed by atoms with Crippen molar-refractivity contribution in [3.05, 3.63) is 77.9 Å². The zero-order chi connectivity index (χ0) is 18.7. The molecule has 0 aliphatic rings. The van der Waals surface area contributed by atoms with Crippen LogP contribution < -0.4 is 9.47 Å². The normalized spacial score (nSPS) is 10.8. The van der Waals surface area contributed by atoms with Crippen molar-refractivity contribution in [3.63, 3.8) is 0 Å². The maximum atomic E-state index is 8.56. The first-order valence-electron chi connectivity index (χ1n) is 7.56. The van der Waals surface area contributed by atoms with Gasteiger partial charge in [-0.25, -0.2) is 4.79 Å². The number of ether oxygens (including phenoxy) is 2. The van der Waals surface area contributed by atoms with Crippen LogP contribution in [0.25, 0.3) is 5.57 Å². The second-order valence-corrected chi connectivity index (χ2v) is 4.82. The largest absolute Gasteiger partial charge is 0.503 e. The van der Waals surface area contributed by atoms with Crippen molar-refractivity contribution in [2.45, 2.75) is 6.92 Å². The molecule has 2 aromatic rings. The van der Waals surface area contributed by atoms with Crippen LogP contribution in [0.4, 0.5) is 4.79 Å². The highest BCUT2D eigenvalue weighted by Gasteiger charge is 2.09. The molecular weight excluding hydrogens is 320 g/mol. The molecule has 2 rings (SSSR count). The summed E-state index contributed by atoms with van der Waals surface area (Å²) in [7, 11) is 3.37. The fourth-order valence-corrected chi connectivity index (χ4v) is 2.17. The van der Waals surface area contributed by atoms with Crippen LogP contribution in [-0.2, 0) is 0 Å². The zero-order valence-corrected chi connectivity index (χ0v) is 14.5. The Morgan fingerprint density at radius 1 is 0.960 bits per heavy atom. The van der Waals surface area contributed by atoms with Gasteiger partial charge in [0.15, 0.2) is 0 Å². The first kappa shape index (κ1) is 19.8. The van der Waals surface area contributed by atoms with Crippen molar-refractivity contribution in [3.8, 4) is 11.5 Å². The Balaban J connectivity index is 0.000000705. The van der Waals surface area contributed by atoms with Crippen LogP contribution >= 0.6 is 0 Å². The molecule has 5 heteroatoms. The third kappa shape index (κ3) is 6.43. The summed E-state index contributed by atoms with van der Waals surface area (Å²) >= 11 is 0. The molecule has 132 valence electrons. The SMILES string of the molecule is C/C=C/C=C(/c1ccc(OC)cc1)c1ccccc1OC.O=C(O)O. The number of hydrogen-bond acceptors (Lipinski definition) is 3. The van der Waals surface area contributed by atoms with E-state index in [2.05, 4.69) is 24.3 Å². The van der Waals surface area contributed by atoms with E-state index in [0.29, 0.717) is 0 Å². The van der Waals surface area contributed by atoms with Crippen LogP contribution in [0.2, 0.25) is 0 Å². The van der Waals surface area contributed by atoms with Crippen LogP contribution in [0.1, 0.15) is 18.1 Å². The number of methoxy groups -OCH3 is 2. The summed E-state index contributed by atoms with van der Waals surface area (Å²) in [5.41, 5.74) is 3.31. The summed E-state index contributed by atoms with van der Waals surface area (Å²) in [5.74, 6) is 1.72. The number of rotatable bonds is 5. The van der Waals surface area contributed by atoms with E-state index in [0.717, 1.165) is 28.2 Å². The Morgan fingerprint density at radius 3 is 2.08 bits per heavy atom. The summed E-state index contributed by atoms with van der Waals surface area (Å²) in [6, 6.07) is 16.1. The Morgan fingerprint density at radius 2 is 1.56 bits per heavy atom. The fourth-order valence-electron chi connectivity index (χ4n) is 2.17. The highest BCUT2D eigenvalue weighted by molar-refractivity contribution is 5.83. The predicted octanol–water partition coefficient (Wildman–Crippen LogP) is 4.93. The lowest BCUT2D eigenvalue weighted by Gasteiger charge is -2.12. The van der Waals surface area contributed by atoms with Gasteiger partial charge in [0.05, 0.1) is 14.2 Å². The molecule has 0 aromatic heterocycles. The summed E-state index contributed by atoms with van der Waals surface area (Å²) < 4.78 is 10.7. The lowest BCUT2D eigenvalue weighted by atomic mass is 9.96. The third-order valence-corrected chi connectivity index (χ3v) is 3.25. The van der Waals surface area contributed by atoms with Crippen molar-refractivity contribution in [2.75, 3.05) is 14.2 Å². The molecule has 0 bridgehead atoms. The van der Waals surface area contributed by atoms with Crippen molar-refractivity contribution in [2.24, 2.45) is 0 Å². The van der Waals surface area contributed by atoms with E-state index in [1.807, 2.05) is 49.4 Å². The van der Waals surface area contributed by atoms with Crippen molar-refractivity contribution in [1.82, 2.24) is 0 Å². The fraction of sp³-hybridized carbons (Fsp3) is 0.150. The molecule has 5 nitrogen and oxygen atoms in total. The minimum atomic E-state index is -1.83. The molecule has 0 fully saturated rings. The average Bonchev–Trinajstić information content (AvgIpc) is 2.62. The molecule has 2 N–H and O–H groups in total. The van der Waals surface area contributed by atoms with E-state index < -0.39 is 6.16 Å². The highest BCUT2D eigenvalue weighted by Crippen LogP contribution is 2.31. The van der Waals surface area contributed by atoms with Crippen molar-refractivity contribution < 1.29 is 24.5 Å². The standard InChI is InChI=1S/C19H20O2.CH2O3/c1-4-5-8-17(15-11-13-16(20-2)14-12-15)18-9-6-7-10-19(18)21-3;2-1(3)4/h4-14H,1-3H3;(H2,2,3,4)/b5-4+,17-8-;. The third-order valence-electron chi connectivity index (χ3n) is 3.25. The Bertz CT molecular complexity index is 726. The molecule has 0 radical (unpaired) electrons. The summed E-state index contributed by atoms with van der Waals surface area (Å²) in [6.07, 6.45) is 4.31. The van der Waals surface area contributed by atoms with Crippen LogP contribution in [0.5, 0.6) is 11.5 Å². The molecule has 2 aromatic carbocycles. The minimum absolute atomic E-state index is 0.851. The van der Waals surface area contributed by atoms with Crippen molar-refractivity contribution in [1.29, 1.82) is 0 Å². The number of carboxylic acid groups (broad SMARTS) is 2. The minimum Gasteiger partial charge on any atom is -0.497 e. The van der Waals surface area contributed by atoms with E-state index in [1.165, 1.54) is 0 Å². The van der Waals surface area contributed by atoms with Gasteiger partial charge in [0.2, 0.25) is 0 Å². The Hall–Kier alpha value is -3.21. The molecule has 0 aliphatic heterocycles. The van der Waals surface area contributed by atoms with Gasteiger partial charge in [0.1, 0.15) is 11.5 Å². The molecule has 0 spiro atoms. The maximum absolute atomic E-state index is 8.56. The van der Waals surface area contributed by atoms with Gasteiger partial charge in [0, 0.05) is 5.56 Å². The van der Waals surface area contributed by atoms with Crippen LogP contribution in [0.3, 0.4) is 0 Å². The van der Waals surface area contributed by atoms with Gasteiger partial charge in [-0.15, -0.1) is 0 Å². The average molecular weight is 342 g/mol. The number of hydrogen-bond donors (Lipinski definition) is 2. The van der Waals surface area contributed by atoms with Gasteiger partial charge in [-0.2, -0.15) is 0 Å². The van der Waals surface area contributed by atoms with E-state index in [1.54, 1.807) is 14.2 Å². The topological polar surface area (TPSA) is 76.0 Å². The molecule has 25 heavy (non-hydrogen) atoms. The molecule has 0 atom stereocenters. The molecule has 0 heterocycles. The number of allylic oxidation sites excluding steroid dienone is 3. The monoisotopic (exact) mass is 342 g/mol. The Labute approximate surface area is 147 Å². The first-order chi connectivity index (χ1) is 12.0. The summed E-state index contributed by atoms with van der Waals surface area (Å²) in [6.45, 7) is 2.00. The summed E-state index contributed by atoms with van der Waals surface area (Å²) in [4.78, 5) is 8.56. The maximum Gasteiger partial charge on any atom is 0.503 e. The molecular formula is C20H22O5. The van der Waals surface area contributed by atoms with E-state index in [-0.39, 0.29) is 0 Å². The van der Waals surface area contributed by atoms with Crippen LogP contribution in [0.15, 0.2) is 66.8 Å². The molecule has 0 unspecified atom stereocenters. The Kier molecular flexibility index (Phi) is 8.37. The number of para-hydroxylation sites is 1. The number of carbonyl (C=O) groups is 1. The van der Waals surface area contributed by atoms with E-state index in [9.17, 15) is 0 Å². The molecule has 0 aliphatic carbocycles. The lowest BCUT2D eigenvalue weighted by molar-refractivity contribution is 0.137. The zero-order valence-electron chi connectivity index (χ0n) is 14.5. The molecule has 0 saturated heterocycles. The number of benzene rings is 2. The van der Waals surface area contributed by atoms with Crippen LogP contribution in [-0.4, -0.2) is 30.6 Å². The highest BCUT2D eigenvalue weighted by atomic mass is 16.6. The second kappa shape index (κ2) is 10.5. The van der Waals surface area contributed by atoms with Gasteiger partial charge in [0.25, 0.3) is 0 Å². The quantitative estimate of drug-likeness (QED) is 0.753. The van der Waals surface area contributed by atoms with E-state index in [4.69, 9.17) is 24.5 Å².